The van der Waals surface area contributed by atoms with Gasteiger partial charge in [0, 0.05) is 12.7 Å². The van der Waals surface area contributed by atoms with Crippen LogP contribution in [-0.2, 0) is 15.3 Å². The summed E-state index contributed by atoms with van der Waals surface area (Å²) >= 11 is 1.40. The second kappa shape index (κ2) is 6.22. The summed E-state index contributed by atoms with van der Waals surface area (Å²) in [5.74, 6) is 0.330. The Bertz CT molecular complexity index is 350. The minimum Gasteiger partial charge on any atom is -0.480 e. The van der Waals surface area contributed by atoms with Gasteiger partial charge in [-0.25, -0.2) is 4.79 Å². The van der Waals surface area contributed by atoms with Gasteiger partial charge in [-0.15, -0.1) is 0 Å². The molecule has 0 spiro atoms. The molecule has 0 aliphatic heterocycles. The fourth-order valence-corrected chi connectivity index (χ4v) is 2.04. The smallest absolute Gasteiger partial charge is 0.327 e. The highest BCUT2D eigenvalue weighted by Crippen LogP contribution is 2.13. The van der Waals surface area contributed by atoms with Gasteiger partial charge in [-0.05, 0) is 12.1 Å². The molecule has 1 unspecified atom stereocenters. The zero-order chi connectivity index (χ0) is 12.0. The summed E-state index contributed by atoms with van der Waals surface area (Å²) in [6.45, 7) is 1.30. The zero-order valence-electron chi connectivity index (χ0n) is 8.80. The number of carbonyl (C=O) groups is 2. The van der Waals surface area contributed by atoms with Gasteiger partial charge in [-0.2, -0.15) is 11.8 Å². The molecule has 6 heteroatoms. The molecule has 0 saturated carbocycles. The van der Waals surface area contributed by atoms with Crippen LogP contribution in [0.3, 0.4) is 0 Å². The third-order valence-electron chi connectivity index (χ3n) is 1.78. The molecular weight excluding hydrogens is 230 g/mol. The molecule has 0 aromatic carbocycles. The standard InChI is InChI=1S/C10H13NO4S/c1-7(12)11-9(10(13)14)6-16-5-8-3-2-4-15-8/h2-4,9H,5-6H2,1H3,(H,11,12)(H,13,14). The molecule has 1 amide bonds. The number of furan rings is 1. The SMILES string of the molecule is CC(=O)NC(CSCc1ccco1)C(=O)O. The number of carboxylic acids is 1. The van der Waals surface area contributed by atoms with E-state index in [1.54, 1.807) is 12.3 Å². The van der Waals surface area contributed by atoms with Crippen molar-refractivity contribution in [3.63, 3.8) is 0 Å². The van der Waals surface area contributed by atoms with E-state index in [-0.39, 0.29) is 5.91 Å². The minimum atomic E-state index is -1.03. The van der Waals surface area contributed by atoms with Crippen LogP contribution >= 0.6 is 11.8 Å². The van der Waals surface area contributed by atoms with Crippen LogP contribution in [-0.4, -0.2) is 28.8 Å². The van der Waals surface area contributed by atoms with Crippen molar-refractivity contribution in [2.45, 2.75) is 18.7 Å². The largest absolute Gasteiger partial charge is 0.480 e. The first-order valence-corrected chi connectivity index (χ1v) is 5.85. The fraction of sp³-hybridized carbons (Fsp3) is 0.400. The van der Waals surface area contributed by atoms with Gasteiger partial charge < -0.3 is 14.8 Å². The van der Waals surface area contributed by atoms with Gasteiger partial charge in [0.1, 0.15) is 11.8 Å². The van der Waals surface area contributed by atoms with Crippen molar-refractivity contribution in [3.8, 4) is 0 Å². The Hall–Kier alpha value is -1.43. The Morgan fingerprint density at radius 1 is 1.62 bits per heavy atom. The normalized spacial score (nSPS) is 12.1. The summed E-state index contributed by atoms with van der Waals surface area (Å²) in [6.07, 6.45) is 1.57. The lowest BCUT2D eigenvalue weighted by Gasteiger charge is -2.11. The molecule has 1 atom stereocenters. The molecule has 0 saturated heterocycles. The zero-order valence-corrected chi connectivity index (χ0v) is 9.62. The summed E-state index contributed by atoms with van der Waals surface area (Å²) < 4.78 is 5.10. The van der Waals surface area contributed by atoms with E-state index in [0.717, 1.165) is 5.76 Å². The Kier molecular flexibility index (Phi) is 4.91. The molecule has 88 valence electrons. The molecule has 0 aliphatic rings. The quantitative estimate of drug-likeness (QED) is 0.782. The van der Waals surface area contributed by atoms with Crippen molar-refractivity contribution >= 4 is 23.6 Å². The van der Waals surface area contributed by atoms with Gasteiger partial charge in [0.2, 0.25) is 5.91 Å². The predicted octanol–water partition coefficient (Wildman–Crippen LogP) is 1.10. The lowest BCUT2D eigenvalue weighted by Crippen LogP contribution is -2.41. The summed E-state index contributed by atoms with van der Waals surface area (Å²) in [5, 5.41) is 11.2. The molecule has 0 bridgehead atoms. The number of hydrogen-bond donors (Lipinski definition) is 2. The van der Waals surface area contributed by atoms with E-state index >= 15 is 0 Å². The van der Waals surface area contributed by atoms with Gasteiger partial charge in [-0.3, -0.25) is 4.79 Å². The van der Waals surface area contributed by atoms with E-state index in [4.69, 9.17) is 9.52 Å². The van der Waals surface area contributed by atoms with E-state index in [1.807, 2.05) is 6.07 Å². The van der Waals surface area contributed by atoms with Crippen LogP contribution in [0.4, 0.5) is 0 Å². The van der Waals surface area contributed by atoms with Crippen molar-refractivity contribution in [1.29, 1.82) is 0 Å². The molecule has 16 heavy (non-hydrogen) atoms. The monoisotopic (exact) mass is 243 g/mol. The Morgan fingerprint density at radius 3 is 2.88 bits per heavy atom. The third kappa shape index (κ3) is 4.39. The Balaban J connectivity index is 2.32. The van der Waals surface area contributed by atoms with Gasteiger partial charge >= 0.3 is 5.97 Å². The number of rotatable bonds is 6. The number of hydrogen-bond acceptors (Lipinski definition) is 4. The molecule has 1 aromatic rings. The lowest BCUT2D eigenvalue weighted by atomic mass is 10.3. The molecule has 1 heterocycles. The van der Waals surface area contributed by atoms with E-state index < -0.39 is 12.0 Å². The van der Waals surface area contributed by atoms with Gasteiger partial charge in [0.05, 0.1) is 12.0 Å². The first-order valence-electron chi connectivity index (χ1n) is 4.69. The van der Waals surface area contributed by atoms with Crippen LogP contribution in [0.25, 0.3) is 0 Å². The van der Waals surface area contributed by atoms with Gasteiger partial charge in [0.25, 0.3) is 0 Å². The van der Waals surface area contributed by atoms with E-state index in [2.05, 4.69) is 5.32 Å². The van der Waals surface area contributed by atoms with Crippen LogP contribution in [0.2, 0.25) is 0 Å². The van der Waals surface area contributed by atoms with Crippen molar-refractivity contribution in [2.24, 2.45) is 0 Å². The van der Waals surface area contributed by atoms with Crippen LogP contribution in [0.1, 0.15) is 12.7 Å². The number of carbonyl (C=O) groups excluding carboxylic acids is 1. The highest BCUT2D eigenvalue weighted by atomic mass is 32.2. The van der Waals surface area contributed by atoms with Gasteiger partial charge in [0.15, 0.2) is 0 Å². The molecule has 1 aromatic heterocycles. The maximum Gasteiger partial charge on any atom is 0.327 e. The molecule has 1 rings (SSSR count). The van der Waals surface area contributed by atoms with Crippen LogP contribution in [0, 0.1) is 0 Å². The van der Waals surface area contributed by atoms with Crippen molar-refractivity contribution in [2.75, 3.05) is 5.75 Å². The molecule has 5 nitrogen and oxygen atoms in total. The van der Waals surface area contributed by atoms with Crippen LogP contribution in [0.15, 0.2) is 22.8 Å². The van der Waals surface area contributed by atoms with Crippen molar-refractivity contribution < 1.29 is 19.1 Å². The fourth-order valence-electron chi connectivity index (χ4n) is 1.09. The van der Waals surface area contributed by atoms with E-state index in [1.165, 1.54) is 18.7 Å². The number of amides is 1. The molecule has 2 N–H and O–H groups in total. The van der Waals surface area contributed by atoms with Crippen molar-refractivity contribution in [3.05, 3.63) is 24.2 Å². The molecule has 0 aliphatic carbocycles. The number of aliphatic carboxylic acids is 1. The maximum absolute atomic E-state index is 10.8. The van der Waals surface area contributed by atoms with Crippen LogP contribution < -0.4 is 5.32 Å². The second-order valence-electron chi connectivity index (χ2n) is 3.19. The first-order chi connectivity index (χ1) is 7.59. The second-order valence-corrected chi connectivity index (χ2v) is 4.22. The van der Waals surface area contributed by atoms with E-state index in [0.29, 0.717) is 11.5 Å². The summed E-state index contributed by atoms with van der Waals surface area (Å²) in [7, 11) is 0. The highest BCUT2D eigenvalue weighted by molar-refractivity contribution is 7.98. The summed E-state index contributed by atoms with van der Waals surface area (Å²) in [5.41, 5.74) is 0. The highest BCUT2D eigenvalue weighted by Gasteiger charge is 2.18. The summed E-state index contributed by atoms with van der Waals surface area (Å²) in [6, 6.07) is 2.75. The lowest BCUT2D eigenvalue weighted by molar-refractivity contribution is -0.140. The minimum absolute atomic E-state index is 0.315. The number of carboxylic acid groups (broad SMARTS) is 1. The summed E-state index contributed by atoms with van der Waals surface area (Å²) in [4.78, 5) is 21.5. The predicted molar refractivity (Wildman–Crippen MR) is 60.1 cm³/mol. The molecular formula is C10H13NO4S. The Morgan fingerprint density at radius 2 is 2.38 bits per heavy atom. The number of nitrogens with one attached hydrogen (secondary N) is 1. The first kappa shape index (κ1) is 12.6. The van der Waals surface area contributed by atoms with Crippen molar-refractivity contribution in [1.82, 2.24) is 5.32 Å². The van der Waals surface area contributed by atoms with Crippen LogP contribution in [0.5, 0.6) is 0 Å². The molecule has 0 fully saturated rings. The maximum atomic E-state index is 10.8. The van der Waals surface area contributed by atoms with Gasteiger partial charge in [-0.1, -0.05) is 0 Å². The molecule has 0 radical (unpaired) electrons. The topological polar surface area (TPSA) is 79.5 Å². The Labute approximate surface area is 97.2 Å². The average Bonchev–Trinajstić information content (AvgIpc) is 2.68. The average molecular weight is 243 g/mol. The van der Waals surface area contributed by atoms with E-state index in [9.17, 15) is 9.59 Å². The third-order valence-corrected chi connectivity index (χ3v) is 2.84. The number of thioether (sulfide) groups is 1.